The van der Waals surface area contributed by atoms with Crippen LogP contribution in [0.5, 0.6) is 0 Å². The molecule has 0 radical (unpaired) electrons. The van der Waals surface area contributed by atoms with Crippen molar-refractivity contribution in [2.45, 2.75) is 77.9 Å². The Morgan fingerprint density at radius 1 is 1.00 bits per heavy atom. The summed E-state index contributed by atoms with van der Waals surface area (Å²) in [6.07, 6.45) is -1.46. The highest BCUT2D eigenvalue weighted by molar-refractivity contribution is 5.50. The van der Waals surface area contributed by atoms with Crippen LogP contribution < -0.4 is 5.32 Å². The zero-order valence-corrected chi connectivity index (χ0v) is 15.6. The van der Waals surface area contributed by atoms with Crippen LogP contribution in [0.4, 0.5) is 27.8 Å². The summed E-state index contributed by atoms with van der Waals surface area (Å²) in [6, 6.07) is -0.170. The number of nitrogens with one attached hydrogen (secondary N) is 1. The zero-order chi connectivity index (χ0) is 19.8. The van der Waals surface area contributed by atoms with Crippen LogP contribution in [0.2, 0.25) is 0 Å². The molecule has 148 valence electrons. The first-order valence-corrected chi connectivity index (χ1v) is 8.93. The number of rotatable bonds is 4. The Hall–Kier alpha value is -1.47. The smallest absolute Gasteiger partial charge is 0.367 e. The maximum Gasteiger partial charge on any atom is 0.458 e. The minimum atomic E-state index is -5.69. The molecule has 1 aliphatic rings. The summed E-state index contributed by atoms with van der Waals surface area (Å²) in [6.45, 7) is 7.97. The third kappa shape index (κ3) is 4.26. The molecule has 0 aromatic carbocycles. The van der Waals surface area contributed by atoms with E-state index in [0.717, 1.165) is 19.2 Å². The maximum atomic E-state index is 14.1. The van der Waals surface area contributed by atoms with Crippen LogP contribution in [0.15, 0.2) is 6.33 Å². The van der Waals surface area contributed by atoms with Crippen LogP contribution in [0.1, 0.15) is 64.6 Å². The Morgan fingerprint density at radius 3 is 2.04 bits per heavy atom. The quantitative estimate of drug-likeness (QED) is 0.681. The van der Waals surface area contributed by atoms with Crippen molar-refractivity contribution in [3.63, 3.8) is 0 Å². The molecule has 1 heterocycles. The molecule has 1 aliphatic carbocycles. The van der Waals surface area contributed by atoms with Crippen LogP contribution in [0, 0.1) is 11.3 Å². The van der Waals surface area contributed by atoms with Gasteiger partial charge in [-0.25, -0.2) is 9.97 Å². The summed E-state index contributed by atoms with van der Waals surface area (Å²) in [5.41, 5.74) is -1.27. The highest BCUT2D eigenvalue weighted by Crippen LogP contribution is 2.47. The summed E-state index contributed by atoms with van der Waals surface area (Å²) in [5, 5.41) is 2.84. The van der Waals surface area contributed by atoms with Crippen molar-refractivity contribution >= 4 is 5.82 Å². The van der Waals surface area contributed by atoms with Gasteiger partial charge in [0.25, 0.3) is 0 Å². The lowest BCUT2D eigenvalue weighted by atomic mass is 9.71. The minimum absolute atomic E-state index is 0.0328. The fraction of sp³-hybridized carbons (Fsp3) is 0.778. The van der Waals surface area contributed by atoms with Gasteiger partial charge < -0.3 is 5.32 Å². The van der Waals surface area contributed by atoms with Crippen molar-refractivity contribution < 1.29 is 22.0 Å². The number of alkyl halides is 5. The van der Waals surface area contributed by atoms with Crippen molar-refractivity contribution in [1.29, 1.82) is 0 Å². The number of aryl methyl sites for hydroxylation is 1. The van der Waals surface area contributed by atoms with Crippen LogP contribution in [0.25, 0.3) is 0 Å². The maximum absolute atomic E-state index is 14.1. The van der Waals surface area contributed by atoms with Gasteiger partial charge in [0.2, 0.25) is 0 Å². The number of aromatic nitrogens is 2. The molecule has 2 rings (SSSR count). The molecule has 0 unspecified atom stereocenters. The predicted molar refractivity (Wildman–Crippen MR) is 90.2 cm³/mol. The molecule has 26 heavy (non-hydrogen) atoms. The van der Waals surface area contributed by atoms with Crippen LogP contribution >= 0.6 is 0 Å². The topological polar surface area (TPSA) is 37.8 Å². The van der Waals surface area contributed by atoms with Gasteiger partial charge >= 0.3 is 12.1 Å². The molecule has 0 atom stereocenters. The first-order chi connectivity index (χ1) is 11.9. The lowest BCUT2D eigenvalue weighted by Crippen LogP contribution is -2.37. The van der Waals surface area contributed by atoms with E-state index in [4.69, 9.17) is 0 Å². The van der Waals surface area contributed by atoms with E-state index in [2.05, 4.69) is 36.1 Å². The number of halogens is 5. The van der Waals surface area contributed by atoms with Gasteiger partial charge in [-0.15, -0.1) is 0 Å². The summed E-state index contributed by atoms with van der Waals surface area (Å²) < 4.78 is 67.0. The van der Waals surface area contributed by atoms with E-state index in [0.29, 0.717) is 18.8 Å². The SMILES string of the molecule is CCc1ncnc(N[C@H]2CC[C@@H](C(C)(C)C)CC2)c1C(F)(F)C(F)(F)F. The van der Waals surface area contributed by atoms with Crippen LogP contribution in [-0.2, 0) is 12.3 Å². The fourth-order valence-electron chi connectivity index (χ4n) is 3.57. The van der Waals surface area contributed by atoms with Crippen LogP contribution in [-0.4, -0.2) is 22.2 Å². The average molecular weight is 379 g/mol. The lowest BCUT2D eigenvalue weighted by molar-refractivity contribution is -0.289. The first kappa shape index (κ1) is 20.8. The first-order valence-electron chi connectivity index (χ1n) is 8.93. The molecule has 1 aromatic rings. The highest BCUT2D eigenvalue weighted by Gasteiger charge is 2.61. The normalized spacial score (nSPS) is 22.3. The van der Waals surface area contributed by atoms with Crippen LogP contribution in [0.3, 0.4) is 0 Å². The second kappa shape index (κ2) is 7.27. The van der Waals surface area contributed by atoms with Gasteiger partial charge in [0.15, 0.2) is 0 Å². The van der Waals surface area contributed by atoms with E-state index in [9.17, 15) is 22.0 Å². The Morgan fingerprint density at radius 2 is 1.58 bits per heavy atom. The second-order valence-electron chi connectivity index (χ2n) is 8.03. The molecular formula is C18H26F5N3. The van der Waals surface area contributed by atoms with Crippen molar-refractivity contribution in [2.75, 3.05) is 5.32 Å². The summed E-state index contributed by atoms with van der Waals surface area (Å²) in [7, 11) is 0. The van der Waals surface area contributed by atoms with Gasteiger partial charge in [-0.3, -0.25) is 0 Å². The standard InChI is InChI=1S/C18H26F5N3/c1-5-13-14(17(19,20)18(21,22)23)15(25-10-24-13)26-12-8-6-11(7-9-12)16(2,3)4/h10-12H,5-9H2,1-4H3,(H,24,25,26)/t11-,12+. The Balaban J connectivity index is 2.26. The van der Waals surface area contributed by atoms with E-state index >= 15 is 0 Å². The summed E-state index contributed by atoms with van der Waals surface area (Å²) >= 11 is 0. The number of nitrogens with zero attached hydrogens (tertiary/aromatic N) is 2. The molecule has 0 amide bonds. The second-order valence-corrected chi connectivity index (χ2v) is 8.03. The minimum Gasteiger partial charge on any atom is -0.367 e. The monoisotopic (exact) mass is 379 g/mol. The van der Waals surface area contributed by atoms with Gasteiger partial charge in [0, 0.05) is 6.04 Å². The average Bonchev–Trinajstić information content (AvgIpc) is 2.53. The molecule has 0 bridgehead atoms. The van der Waals surface area contributed by atoms with E-state index in [1.165, 1.54) is 6.92 Å². The molecular weight excluding hydrogens is 353 g/mol. The van der Waals surface area contributed by atoms with E-state index in [1.807, 2.05) is 0 Å². The molecule has 8 heteroatoms. The number of anilines is 1. The van der Waals surface area contributed by atoms with Crippen molar-refractivity contribution in [2.24, 2.45) is 11.3 Å². The van der Waals surface area contributed by atoms with Gasteiger partial charge in [0.05, 0.1) is 11.3 Å². The summed E-state index contributed by atoms with van der Waals surface area (Å²) in [4.78, 5) is 7.37. The zero-order valence-electron chi connectivity index (χ0n) is 15.6. The predicted octanol–water partition coefficient (Wildman–Crippen LogP) is 5.71. The highest BCUT2D eigenvalue weighted by atomic mass is 19.4. The third-order valence-electron chi connectivity index (χ3n) is 5.22. The molecule has 1 aromatic heterocycles. The van der Waals surface area contributed by atoms with E-state index in [1.54, 1.807) is 0 Å². The van der Waals surface area contributed by atoms with Crippen molar-refractivity contribution in [3.05, 3.63) is 17.6 Å². The molecule has 1 fully saturated rings. The Kier molecular flexibility index (Phi) is 5.83. The Labute approximate surface area is 150 Å². The molecule has 1 saturated carbocycles. The van der Waals surface area contributed by atoms with Gasteiger partial charge in [0.1, 0.15) is 12.1 Å². The number of hydrogen-bond acceptors (Lipinski definition) is 3. The largest absolute Gasteiger partial charge is 0.458 e. The fourth-order valence-corrected chi connectivity index (χ4v) is 3.57. The molecule has 0 spiro atoms. The lowest BCUT2D eigenvalue weighted by Gasteiger charge is -2.37. The van der Waals surface area contributed by atoms with Gasteiger partial charge in [-0.05, 0) is 43.4 Å². The number of hydrogen-bond donors (Lipinski definition) is 1. The Bertz CT molecular complexity index is 614. The summed E-state index contributed by atoms with van der Waals surface area (Å²) in [5.74, 6) is -4.89. The molecule has 0 aliphatic heterocycles. The third-order valence-corrected chi connectivity index (χ3v) is 5.22. The molecule has 1 N–H and O–H groups in total. The van der Waals surface area contributed by atoms with Crippen molar-refractivity contribution in [1.82, 2.24) is 9.97 Å². The molecule has 0 saturated heterocycles. The van der Waals surface area contributed by atoms with E-state index in [-0.39, 0.29) is 23.6 Å². The van der Waals surface area contributed by atoms with Gasteiger partial charge in [-0.2, -0.15) is 22.0 Å². The molecule has 3 nitrogen and oxygen atoms in total. The van der Waals surface area contributed by atoms with Crippen molar-refractivity contribution in [3.8, 4) is 0 Å². The van der Waals surface area contributed by atoms with E-state index < -0.39 is 23.5 Å². The van der Waals surface area contributed by atoms with Gasteiger partial charge in [-0.1, -0.05) is 27.7 Å².